The first-order chi connectivity index (χ1) is 14.7. The lowest BCUT2D eigenvalue weighted by atomic mass is 10.1. The van der Waals surface area contributed by atoms with E-state index < -0.39 is 0 Å². The maximum atomic E-state index is 10.1. The van der Waals surface area contributed by atoms with Gasteiger partial charge in [-0.3, -0.25) is 4.98 Å². The van der Waals surface area contributed by atoms with E-state index in [0.717, 1.165) is 41.9 Å². The third-order valence-corrected chi connectivity index (χ3v) is 5.38. The van der Waals surface area contributed by atoms with Crippen molar-refractivity contribution < 1.29 is 5.11 Å². The van der Waals surface area contributed by atoms with Crippen LogP contribution in [0.3, 0.4) is 0 Å². The van der Waals surface area contributed by atoms with Crippen LogP contribution in [0, 0.1) is 0 Å². The van der Waals surface area contributed by atoms with Gasteiger partial charge in [0.2, 0.25) is 0 Å². The molecule has 4 aromatic rings. The molecule has 0 saturated carbocycles. The van der Waals surface area contributed by atoms with Gasteiger partial charge in [-0.2, -0.15) is 0 Å². The minimum absolute atomic E-state index is 0.196. The molecule has 1 saturated heterocycles. The van der Waals surface area contributed by atoms with Gasteiger partial charge in [0, 0.05) is 55.2 Å². The zero-order chi connectivity index (χ0) is 20.5. The number of aromatic nitrogens is 4. The van der Waals surface area contributed by atoms with Crippen molar-refractivity contribution >= 4 is 28.2 Å². The summed E-state index contributed by atoms with van der Waals surface area (Å²) in [5.74, 6) is 1.47. The summed E-state index contributed by atoms with van der Waals surface area (Å²) in [4.78, 5) is 10.8. The Morgan fingerprint density at radius 2 is 2.03 bits per heavy atom. The summed E-state index contributed by atoms with van der Waals surface area (Å²) in [6.07, 6.45) is 4.91. The number of benzene rings is 2. The van der Waals surface area contributed by atoms with E-state index in [1.54, 1.807) is 30.7 Å². The monoisotopic (exact) mass is 401 g/mol. The third kappa shape index (κ3) is 3.42. The second-order valence-electron chi connectivity index (χ2n) is 7.44. The quantitative estimate of drug-likeness (QED) is 0.484. The molecule has 0 amide bonds. The van der Waals surface area contributed by atoms with E-state index in [9.17, 15) is 5.11 Å². The molecule has 8 heteroatoms. The topological polar surface area (TPSA) is 91.1 Å². The fourth-order valence-electron chi connectivity index (χ4n) is 3.91. The smallest absolute Gasteiger partial charge is 0.162 e. The molecule has 3 heterocycles. The first kappa shape index (κ1) is 18.4. The van der Waals surface area contributed by atoms with Crippen molar-refractivity contribution in [3.05, 3.63) is 61.1 Å². The number of phenols is 1. The van der Waals surface area contributed by atoms with Crippen LogP contribution < -0.4 is 15.5 Å². The van der Waals surface area contributed by atoms with E-state index in [-0.39, 0.29) is 5.75 Å². The fraction of sp³-hybridized carbons (Fsp3) is 0.227. The molecule has 3 N–H and O–H groups in total. The molecular weight excluding hydrogens is 378 g/mol. The van der Waals surface area contributed by atoms with Crippen molar-refractivity contribution in [3.63, 3.8) is 0 Å². The average Bonchev–Trinajstić information content (AvgIpc) is 3.12. The van der Waals surface area contributed by atoms with Gasteiger partial charge in [0.1, 0.15) is 11.6 Å². The van der Waals surface area contributed by atoms with Gasteiger partial charge >= 0.3 is 0 Å². The molecule has 2 aromatic carbocycles. The Labute approximate surface area is 174 Å². The number of phenolic OH excluding ortho intramolecular Hbond substituents is 1. The summed E-state index contributed by atoms with van der Waals surface area (Å²) < 4.78 is 1.85. The van der Waals surface area contributed by atoms with Crippen LogP contribution in [0.1, 0.15) is 6.92 Å². The summed E-state index contributed by atoms with van der Waals surface area (Å²) in [6.45, 7) is 5.13. The molecular formula is C22H23N7O. The van der Waals surface area contributed by atoms with Gasteiger partial charge in [-0.05, 0) is 37.3 Å². The Bertz CT molecular complexity index is 1170. The van der Waals surface area contributed by atoms with Crippen molar-refractivity contribution in [2.24, 2.45) is 0 Å². The lowest BCUT2D eigenvalue weighted by Gasteiger charge is -2.36. The van der Waals surface area contributed by atoms with Crippen LogP contribution >= 0.6 is 0 Å². The number of hydrogen-bond donors (Lipinski definition) is 3. The van der Waals surface area contributed by atoms with Crippen LogP contribution in [-0.4, -0.2) is 50.5 Å². The van der Waals surface area contributed by atoms with Crippen molar-refractivity contribution in [2.45, 2.75) is 13.0 Å². The minimum atomic E-state index is 0.196. The summed E-state index contributed by atoms with van der Waals surface area (Å²) in [7, 11) is 0. The standard InChI is InChI=1S/C22H23N7O/c1-15-13-24-9-10-28(15)16-3-2-4-17(11-16)29-20-12-18(30)5-6-19(20)22(27-29)26-21-14-23-7-8-25-21/h2-8,11-12,14-15,24,30H,9-10,13H2,1H3,(H,25,26,27)/t15-/m0/s1. The molecule has 1 aliphatic rings. The largest absolute Gasteiger partial charge is 0.508 e. The average molecular weight is 401 g/mol. The summed E-state index contributed by atoms with van der Waals surface area (Å²) >= 11 is 0. The molecule has 1 fully saturated rings. The molecule has 8 nitrogen and oxygen atoms in total. The zero-order valence-electron chi connectivity index (χ0n) is 16.7. The Morgan fingerprint density at radius 3 is 2.87 bits per heavy atom. The highest BCUT2D eigenvalue weighted by molar-refractivity contribution is 5.93. The van der Waals surface area contributed by atoms with Gasteiger partial charge in [-0.25, -0.2) is 9.67 Å². The number of nitrogens with zero attached hydrogens (tertiary/aromatic N) is 5. The van der Waals surface area contributed by atoms with Crippen LogP contribution in [0.15, 0.2) is 61.1 Å². The molecule has 0 aliphatic carbocycles. The third-order valence-electron chi connectivity index (χ3n) is 5.38. The first-order valence-corrected chi connectivity index (χ1v) is 10.0. The second-order valence-corrected chi connectivity index (χ2v) is 7.44. The van der Waals surface area contributed by atoms with E-state index in [2.05, 4.69) is 44.6 Å². The lowest BCUT2D eigenvalue weighted by Crippen LogP contribution is -2.49. The normalized spacial score (nSPS) is 16.7. The van der Waals surface area contributed by atoms with Gasteiger partial charge in [0.15, 0.2) is 5.82 Å². The SMILES string of the molecule is C[C@H]1CNCCN1c1cccc(-n2nc(Nc3cnccn3)c3ccc(O)cc32)c1. The molecule has 0 unspecified atom stereocenters. The van der Waals surface area contributed by atoms with Gasteiger partial charge in [-0.1, -0.05) is 6.07 Å². The summed E-state index contributed by atoms with van der Waals surface area (Å²) in [6, 6.07) is 14.0. The summed E-state index contributed by atoms with van der Waals surface area (Å²) in [5, 5.41) is 22.4. The van der Waals surface area contributed by atoms with Crippen molar-refractivity contribution in [1.29, 1.82) is 0 Å². The van der Waals surface area contributed by atoms with Crippen molar-refractivity contribution in [1.82, 2.24) is 25.1 Å². The molecule has 0 bridgehead atoms. The first-order valence-electron chi connectivity index (χ1n) is 10.0. The van der Waals surface area contributed by atoms with E-state index in [1.165, 1.54) is 0 Å². The maximum absolute atomic E-state index is 10.1. The van der Waals surface area contributed by atoms with Gasteiger partial charge < -0.3 is 20.6 Å². The maximum Gasteiger partial charge on any atom is 0.162 e. The van der Waals surface area contributed by atoms with Gasteiger partial charge in [0.25, 0.3) is 0 Å². The number of piperazine rings is 1. The predicted molar refractivity (Wildman–Crippen MR) is 118 cm³/mol. The number of rotatable bonds is 4. The van der Waals surface area contributed by atoms with E-state index in [4.69, 9.17) is 5.10 Å². The number of anilines is 3. The Balaban J connectivity index is 1.59. The van der Waals surface area contributed by atoms with Crippen LogP contribution in [0.5, 0.6) is 5.75 Å². The molecule has 0 spiro atoms. The van der Waals surface area contributed by atoms with Crippen LogP contribution in [0.25, 0.3) is 16.6 Å². The van der Waals surface area contributed by atoms with Crippen molar-refractivity contribution in [3.8, 4) is 11.4 Å². The van der Waals surface area contributed by atoms with Crippen molar-refractivity contribution in [2.75, 3.05) is 29.9 Å². The highest BCUT2D eigenvalue weighted by Gasteiger charge is 2.19. The van der Waals surface area contributed by atoms with Crippen LogP contribution in [0.4, 0.5) is 17.3 Å². The molecule has 2 aromatic heterocycles. The molecule has 5 rings (SSSR count). The molecule has 1 atom stereocenters. The van der Waals surface area contributed by atoms with Crippen LogP contribution in [0.2, 0.25) is 0 Å². The zero-order valence-corrected chi connectivity index (χ0v) is 16.7. The molecule has 1 aliphatic heterocycles. The second kappa shape index (κ2) is 7.64. The fourth-order valence-corrected chi connectivity index (χ4v) is 3.91. The number of nitrogens with one attached hydrogen (secondary N) is 2. The Morgan fingerprint density at radius 1 is 1.13 bits per heavy atom. The Hall–Kier alpha value is -3.65. The molecule has 0 radical (unpaired) electrons. The lowest BCUT2D eigenvalue weighted by molar-refractivity contribution is 0.476. The van der Waals surface area contributed by atoms with Gasteiger partial charge in [-0.15, -0.1) is 5.10 Å². The number of hydrogen-bond acceptors (Lipinski definition) is 7. The van der Waals surface area contributed by atoms with E-state index in [1.807, 2.05) is 22.9 Å². The van der Waals surface area contributed by atoms with E-state index >= 15 is 0 Å². The molecule has 30 heavy (non-hydrogen) atoms. The predicted octanol–water partition coefficient (Wildman–Crippen LogP) is 3.06. The van der Waals surface area contributed by atoms with E-state index in [0.29, 0.717) is 17.7 Å². The highest BCUT2D eigenvalue weighted by Crippen LogP contribution is 2.31. The summed E-state index contributed by atoms with van der Waals surface area (Å²) in [5.41, 5.74) is 2.90. The molecule has 152 valence electrons. The highest BCUT2D eigenvalue weighted by atomic mass is 16.3. The number of aromatic hydroxyl groups is 1. The minimum Gasteiger partial charge on any atom is -0.508 e. The van der Waals surface area contributed by atoms with Crippen LogP contribution in [-0.2, 0) is 0 Å². The number of fused-ring (bicyclic) bond motifs is 1. The van der Waals surface area contributed by atoms with Gasteiger partial charge in [0.05, 0.1) is 17.4 Å². The Kier molecular flexibility index (Phi) is 4.68.